The molecule has 2 aromatic rings. The summed E-state index contributed by atoms with van der Waals surface area (Å²) in [6.07, 6.45) is 4.47. The number of piperidine rings is 1. The molecule has 1 aliphatic heterocycles. The fraction of sp³-hybridized carbons (Fsp3) is 0.583. The van der Waals surface area contributed by atoms with Gasteiger partial charge in [0.25, 0.3) is 4.96 Å². The highest BCUT2D eigenvalue weighted by Crippen LogP contribution is 2.33. The number of hydrogen-bond acceptors (Lipinski definition) is 6. The molecule has 1 aliphatic rings. The Kier molecular flexibility index (Phi) is 3.58. The third kappa shape index (κ3) is 2.25. The molecule has 2 aromatic heterocycles. The third-order valence-electron chi connectivity index (χ3n) is 3.75. The van der Waals surface area contributed by atoms with Crippen LogP contribution in [0.25, 0.3) is 4.96 Å². The van der Waals surface area contributed by atoms with Crippen LogP contribution in [-0.4, -0.2) is 39.1 Å². The number of aromatic nitrogens is 2. The molecule has 1 atom stereocenters. The summed E-state index contributed by atoms with van der Waals surface area (Å²) in [6.45, 7) is 1.68. The van der Waals surface area contributed by atoms with Gasteiger partial charge in [-0.25, -0.2) is 0 Å². The maximum atomic E-state index is 11.3. The fourth-order valence-corrected chi connectivity index (χ4v) is 3.52. The lowest BCUT2D eigenvalue weighted by Crippen LogP contribution is -2.36. The van der Waals surface area contributed by atoms with E-state index in [9.17, 15) is 10.1 Å². The van der Waals surface area contributed by atoms with Gasteiger partial charge >= 0.3 is 5.82 Å². The van der Waals surface area contributed by atoms with E-state index in [0.29, 0.717) is 16.7 Å². The van der Waals surface area contributed by atoms with E-state index >= 15 is 0 Å². The molecule has 20 heavy (non-hydrogen) atoms. The maximum absolute atomic E-state index is 11.3. The second-order valence-corrected chi connectivity index (χ2v) is 5.91. The largest absolute Gasteiger partial charge is 0.396 e. The van der Waals surface area contributed by atoms with Crippen LogP contribution in [0.1, 0.15) is 19.3 Å². The van der Waals surface area contributed by atoms with Crippen molar-refractivity contribution in [1.82, 2.24) is 9.38 Å². The van der Waals surface area contributed by atoms with Crippen LogP contribution in [0.3, 0.4) is 0 Å². The van der Waals surface area contributed by atoms with Crippen molar-refractivity contribution in [2.45, 2.75) is 19.3 Å². The van der Waals surface area contributed by atoms with E-state index in [1.165, 1.54) is 15.7 Å². The first-order valence-corrected chi connectivity index (χ1v) is 7.54. The average Bonchev–Trinajstić information content (AvgIpc) is 2.98. The minimum Gasteiger partial charge on any atom is -0.396 e. The number of anilines is 1. The Morgan fingerprint density at radius 3 is 3.20 bits per heavy atom. The summed E-state index contributed by atoms with van der Waals surface area (Å²) >= 11 is 1.40. The van der Waals surface area contributed by atoms with E-state index in [4.69, 9.17) is 5.11 Å². The topological polar surface area (TPSA) is 83.9 Å². The molecule has 3 heterocycles. The van der Waals surface area contributed by atoms with E-state index < -0.39 is 0 Å². The van der Waals surface area contributed by atoms with Gasteiger partial charge in [-0.05, 0) is 30.1 Å². The van der Waals surface area contributed by atoms with Crippen LogP contribution in [0.15, 0.2) is 11.6 Å². The van der Waals surface area contributed by atoms with Gasteiger partial charge in [-0.1, -0.05) is 11.3 Å². The van der Waals surface area contributed by atoms with Gasteiger partial charge in [-0.15, -0.1) is 0 Å². The Bertz CT molecular complexity index is 621. The molecular weight excluding hydrogens is 280 g/mol. The van der Waals surface area contributed by atoms with Crippen LogP contribution < -0.4 is 4.90 Å². The predicted octanol–water partition coefficient (Wildman–Crippen LogP) is 1.90. The van der Waals surface area contributed by atoms with Crippen LogP contribution in [0.5, 0.6) is 0 Å². The molecule has 108 valence electrons. The quantitative estimate of drug-likeness (QED) is 0.688. The van der Waals surface area contributed by atoms with Gasteiger partial charge in [-0.3, -0.25) is 0 Å². The smallest absolute Gasteiger partial charge is 0.373 e. The van der Waals surface area contributed by atoms with Gasteiger partial charge in [-0.2, -0.15) is 9.38 Å². The highest BCUT2D eigenvalue weighted by atomic mass is 32.1. The number of aliphatic hydroxyl groups is 1. The number of hydrogen-bond donors (Lipinski definition) is 1. The van der Waals surface area contributed by atoms with Crippen LogP contribution in [0.4, 0.5) is 11.6 Å². The van der Waals surface area contributed by atoms with Crippen molar-refractivity contribution < 1.29 is 10.0 Å². The summed E-state index contributed by atoms with van der Waals surface area (Å²) in [4.78, 5) is 18.0. The average molecular weight is 296 g/mol. The first kappa shape index (κ1) is 13.3. The van der Waals surface area contributed by atoms with Crippen LogP contribution in [0, 0.1) is 16.0 Å². The number of aliphatic hydroxyl groups excluding tert-OH is 1. The first-order valence-electron chi connectivity index (χ1n) is 6.66. The molecule has 0 saturated carbocycles. The van der Waals surface area contributed by atoms with Crippen molar-refractivity contribution in [3.63, 3.8) is 0 Å². The number of rotatable bonds is 4. The van der Waals surface area contributed by atoms with Gasteiger partial charge in [0.05, 0.1) is 0 Å². The van der Waals surface area contributed by atoms with Crippen LogP contribution >= 0.6 is 11.3 Å². The fourth-order valence-electron chi connectivity index (χ4n) is 2.82. The van der Waals surface area contributed by atoms with E-state index in [-0.39, 0.29) is 17.3 Å². The Morgan fingerprint density at radius 2 is 2.45 bits per heavy atom. The van der Waals surface area contributed by atoms with Crippen molar-refractivity contribution >= 4 is 27.9 Å². The normalized spacial score (nSPS) is 19.6. The summed E-state index contributed by atoms with van der Waals surface area (Å²) in [5, 5.41) is 22.2. The monoisotopic (exact) mass is 296 g/mol. The molecule has 0 bridgehead atoms. The zero-order valence-electron chi connectivity index (χ0n) is 10.9. The molecule has 0 spiro atoms. The van der Waals surface area contributed by atoms with E-state index in [0.717, 1.165) is 32.4 Å². The molecule has 0 aromatic carbocycles. The Hall–Kier alpha value is -1.67. The predicted molar refractivity (Wildman–Crippen MR) is 76.4 cm³/mol. The molecule has 0 radical (unpaired) electrons. The van der Waals surface area contributed by atoms with Gasteiger partial charge in [0, 0.05) is 25.1 Å². The second-order valence-electron chi connectivity index (χ2n) is 5.04. The summed E-state index contributed by atoms with van der Waals surface area (Å²) in [6, 6.07) is 0. The highest BCUT2D eigenvalue weighted by Gasteiger charge is 2.30. The Morgan fingerprint density at radius 1 is 1.60 bits per heavy atom. The van der Waals surface area contributed by atoms with Gasteiger partial charge < -0.3 is 20.1 Å². The SMILES string of the molecule is O=[N+]([O-])c1c(N2CCCC(CCO)C2)nc2sccn12. The van der Waals surface area contributed by atoms with Crippen molar-refractivity contribution in [1.29, 1.82) is 0 Å². The Labute approximate surface area is 119 Å². The number of fused-ring (bicyclic) bond motifs is 1. The molecule has 1 saturated heterocycles. The molecule has 1 unspecified atom stereocenters. The molecular formula is C12H16N4O3S. The van der Waals surface area contributed by atoms with Crippen molar-refractivity contribution in [2.24, 2.45) is 5.92 Å². The molecule has 3 rings (SSSR count). The maximum Gasteiger partial charge on any atom is 0.373 e. The molecule has 0 aliphatic carbocycles. The summed E-state index contributed by atoms with van der Waals surface area (Å²) in [5.41, 5.74) is 0. The number of thiazole rings is 1. The molecule has 1 fully saturated rings. The minimum absolute atomic E-state index is 0.0471. The van der Waals surface area contributed by atoms with Crippen molar-refractivity contribution in [3.05, 3.63) is 21.7 Å². The number of imidazole rings is 1. The molecule has 8 heteroatoms. The molecule has 0 amide bonds. The number of nitrogens with zero attached hydrogens (tertiary/aromatic N) is 4. The van der Waals surface area contributed by atoms with E-state index in [1.54, 1.807) is 11.6 Å². The number of nitro groups is 1. The minimum atomic E-state index is -0.363. The highest BCUT2D eigenvalue weighted by molar-refractivity contribution is 7.15. The first-order chi connectivity index (χ1) is 9.70. The van der Waals surface area contributed by atoms with E-state index in [1.807, 2.05) is 4.90 Å². The summed E-state index contributed by atoms with van der Waals surface area (Å²) in [5.74, 6) is 0.892. The van der Waals surface area contributed by atoms with Gasteiger partial charge in [0.2, 0.25) is 5.82 Å². The van der Waals surface area contributed by atoms with Crippen molar-refractivity contribution in [3.8, 4) is 0 Å². The Balaban J connectivity index is 1.94. The van der Waals surface area contributed by atoms with Crippen LogP contribution in [0.2, 0.25) is 0 Å². The van der Waals surface area contributed by atoms with E-state index in [2.05, 4.69) is 4.98 Å². The lowest BCUT2D eigenvalue weighted by Gasteiger charge is -2.32. The van der Waals surface area contributed by atoms with Crippen LogP contribution in [-0.2, 0) is 0 Å². The molecule has 7 nitrogen and oxygen atoms in total. The van der Waals surface area contributed by atoms with Gasteiger partial charge in [0.15, 0.2) is 0 Å². The second kappa shape index (κ2) is 5.37. The summed E-state index contributed by atoms with van der Waals surface area (Å²) in [7, 11) is 0. The lowest BCUT2D eigenvalue weighted by atomic mass is 9.95. The summed E-state index contributed by atoms with van der Waals surface area (Å²) < 4.78 is 1.54. The van der Waals surface area contributed by atoms with Crippen molar-refractivity contribution in [2.75, 3.05) is 24.6 Å². The van der Waals surface area contributed by atoms with Gasteiger partial charge in [0.1, 0.15) is 6.20 Å². The standard InChI is InChI=1S/C12H16N4O3S/c17-6-3-9-2-1-4-14(8-9)10-11(16(18)19)15-5-7-20-12(15)13-10/h5,7,9,17H,1-4,6,8H2. The zero-order valence-corrected chi connectivity index (χ0v) is 11.8. The zero-order chi connectivity index (χ0) is 14.1. The third-order valence-corrected chi connectivity index (χ3v) is 4.50. The lowest BCUT2D eigenvalue weighted by molar-refractivity contribution is -0.389. The molecule has 1 N–H and O–H groups in total.